The Balaban J connectivity index is 2.24. The summed E-state index contributed by atoms with van der Waals surface area (Å²) in [5.74, 6) is 2.83. The summed E-state index contributed by atoms with van der Waals surface area (Å²) in [6, 6.07) is 6.09. The molecule has 0 unspecified atom stereocenters. The van der Waals surface area contributed by atoms with Crippen LogP contribution in [0.2, 0.25) is 0 Å². The molecule has 1 aliphatic rings. The molecule has 2 nitrogen and oxygen atoms in total. The number of hydrogen-bond acceptors (Lipinski definition) is 3. The Morgan fingerprint density at radius 3 is 2.77 bits per heavy atom. The third-order valence-electron chi connectivity index (χ3n) is 1.82. The molecular formula is C10H12O2S. The molecule has 1 heterocycles. The molecule has 1 aromatic carbocycles. The maximum atomic E-state index is 5.47. The monoisotopic (exact) mass is 196 g/mol. The molecule has 0 amide bonds. The molecule has 0 atom stereocenters. The number of ether oxygens (including phenoxy) is 2. The molecule has 1 aliphatic heterocycles. The van der Waals surface area contributed by atoms with Crippen molar-refractivity contribution < 1.29 is 9.47 Å². The van der Waals surface area contributed by atoms with Crippen molar-refractivity contribution in [3.8, 4) is 11.5 Å². The van der Waals surface area contributed by atoms with Crippen LogP contribution in [0.25, 0.3) is 0 Å². The highest BCUT2D eigenvalue weighted by atomic mass is 32.2. The number of benzene rings is 1. The maximum absolute atomic E-state index is 5.47. The Bertz CT molecular complexity index is 299. The van der Waals surface area contributed by atoms with Gasteiger partial charge < -0.3 is 9.47 Å². The van der Waals surface area contributed by atoms with E-state index in [0.29, 0.717) is 13.2 Å². The van der Waals surface area contributed by atoms with E-state index in [9.17, 15) is 0 Å². The summed E-state index contributed by atoms with van der Waals surface area (Å²) in [4.78, 5) is 1.24. The maximum Gasteiger partial charge on any atom is 0.162 e. The second-order valence-electron chi connectivity index (χ2n) is 2.74. The summed E-state index contributed by atoms with van der Waals surface area (Å²) in [6.45, 7) is 3.46. The van der Waals surface area contributed by atoms with Gasteiger partial charge in [-0.15, -0.1) is 11.8 Å². The zero-order chi connectivity index (χ0) is 9.10. The fourth-order valence-corrected chi connectivity index (χ4v) is 1.97. The van der Waals surface area contributed by atoms with Gasteiger partial charge in [-0.1, -0.05) is 6.92 Å². The molecule has 0 saturated heterocycles. The minimum Gasteiger partial charge on any atom is -0.486 e. The molecule has 0 saturated carbocycles. The molecule has 2 rings (SSSR count). The largest absolute Gasteiger partial charge is 0.486 e. The number of hydrogen-bond donors (Lipinski definition) is 0. The van der Waals surface area contributed by atoms with E-state index in [1.54, 1.807) is 0 Å². The van der Waals surface area contributed by atoms with Gasteiger partial charge in [0.25, 0.3) is 0 Å². The first-order valence-corrected chi connectivity index (χ1v) is 5.41. The van der Waals surface area contributed by atoms with E-state index in [1.165, 1.54) is 4.90 Å². The normalized spacial score (nSPS) is 14.2. The Morgan fingerprint density at radius 2 is 2.00 bits per heavy atom. The third kappa shape index (κ3) is 1.91. The van der Waals surface area contributed by atoms with Crippen LogP contribution >= 0.6 is 11.8 Å². The van der Waals surface area contributed by atoms with Crippen molar-refractivity contribution in [1.29, 1.82) is 0 Å². The van der Waals surface area contributed by atoms with E-state index in [2.05, 4.69) is 13.0 Å². The second-order valence-corrected chi connectivity index (χ2v) is 4.08. The lowest BCUT2D eigenvalue weighted by molar-refractivity contribution is 0.171. The van der Waals surface area contributed by atoms with Crippen LogP contribution in [0.15, 0.2) is 23.1 Å². The Labute approximate surface area is 82.2 Å². The second kappa shape index (κ2) is 3.92. The van der Waals surface area contributed by atoms with Gasteiger partial charge in [0.2, 0.25) is 0 Å². The van der Waals surface area contributed by atoms with Crippen LogP contribution in [0.1, 0.15) is 6.92 Å². The molecule has 1 aromatic rings. The summed E-state index contributed by atoms with van der Waals surface area (Å²) in [6.07, 6.45) is 0. The number of thioether (sulfide) groups is 1. The van der Waals surface area contributed by atoms with Crippen LogP contribution in [-0.2, 0) is 0 Å². The van der Waals surface area contributed by atoms with Crippen molar-refractivity contribution in [2.45, 2.75) is 11.8 Å². The molecule has 13 heavy (non-hydrogen) atoms. The van der Waals surface area contributed by atoms with E-state index < -0.39 is 0 Å². The molecule has 0 aromatic heterocycles. The summed E-state index contributed by atoms with van der Waals surface area (Å²) >= 11 is 1.81. The fraction of sp³-hybridized carbons (Fsp3) is 0.400. The van der Waals surface area contributed by atoms with Gasteiger partial charge in [0, 0.05) is 4.90 Å². The summed E-state index contributed by atoms with van der Waals surface area (Å²) in [5.41, 5.74) is 0. The molecule has 0 fully saturated rings. The highest BCUT2D eigenvalue weighted by Gasteiger charge is 2.11. The van der Waals surface area contributed by atoms with Crippen molar-refractivity contribution in [2.24, 2.45) is 0 Å². The lowest BCUT2D eigenvalue weighted by atomic mass is 10.3. The third-order valence-corrected chi connectivity index (χ3v) is 2.70. The molecule has 0 radical (unpaired) electrons. The van der Waals surface area contributed by atoms with Gasteiger partial charge in [0.15, 0.2) is 11.5 Å². The lowest BCUT2D eigenvalue weighted by Gasteiger charge is -2.18. The van der Waals surface area contributed by atoms with Gasteiger partial charge in [-0.3, -0.25) is 0 Å². The van der Waals surface area contributed by atoms with E-state index in [0.717, 1.165) is 17.3 Å². The summed E-state index contributed by atoms with van der Waals surface area (Å²) < 4.78 is 10.9. The number of rotatable bonds is 2. The molecule has 0 aliphatic carbocycles. The molecule has 0 spiro atoms. The van der Waals surface area contributed by atoms with E-state index in [-0.39, 0.29) is 0 Å². The zero-order valence-corrected chi connectivity index (χ0v) is 8.39. The van der Waals surface area contributed by atoms with Gasteiger partial charge in [-0.25, -0.2) is 0 Å². The van der Waals surface area contributed by atoms with Gasteiger partial charge >= 0.3 is 0 Å². The van der Waals surface area contributed by atoms with Gasteiger partial charge in [-0.2, -0.15) is 0 Å². The fourth-order valence-electron chi connectivity index (χ4n) is 1.28. The predicted molar refractivity (Wildman–Crippen MR) is 53.8 cm³/mol. The molecule has 3 heteroatoms. The molecule has 70 valence electrons. The summed E-state index contributed by atoms with van der Waals surface area (Å²) in [5, 5.41) is 0. The highest BCUT2D eigenvalue weighted by Crippen LogP contribution is 2.33. The topological polar surface area (TPSA) is 18.5 Å². The highest BCUT2D eigenvalue weighted by molar-refractivity contribution is 7.99. The van der Waals surface area contributed by atoms with E-state index in [4.69, 9.17) is 9.47 Å². The van der Waals surface area contributed by atoms with Crippen molar-refractivity contribution in [3.63, 3.8) is 0 Å². The van der Waals surface area contributed by atoms with Gasteiger partial charge in [0.05, 0.1) is 0 Å². The van der Waals surface area contributed by atoms with Crippen molar-refractivity contribution >= 4 is 11.8 Å². The van der Waals surface area contributed by atoms with Crippen LogP contribution in [-0.4, -0.2) is 19.0 Å². The van der Waals surface area contributed by atoms with Crippen LogP contribution in [0.4, 0.5) is 0 Å². The number of fused-ring (bicyclic) bond motifs is 1. The van der Waals surface area contributed by atoms with Crippen LogP contribution in [0.5, 0.6) is 11.5 Å². The van der Waals surface area contributed by atoms with Gasteiger partial charge in [-0.05, 0) is 24.0 Å². The minimum atomic E-state index is 0.660. The first-order valence-electron chi connectivity index (χ1n) is 4.42. The Kier molecular flexibility index (Phi) is 2.64. The van der Waals surface area contributed by atoms with Gasteiger partial charge in [0.1, 0.15) is 13.2 Å². The SMILES string of the molecule is CCSc1ccc2c(c1)OCCO2. The van der Waals surface area contributed by atoms with Crippen LogP contribution in [0, 0.1) is 0 Å². The first-order chi connectivity index (χ1) is 6.40. The van der Waals surface area contributed by atoms with E-state index in [1.807, 2.05) is 23.9 Å². The average molecular weight is 196 g/mol. The average Bonchev–Trinajstić information content (AvgIpc) is 2.18. The standard InChI is InChI=1S/C10H12O2S/c1-2-13-8-3-4-9-10(7-8)12-6-5-11-9/h3-4,7H,2,5-6H2,1H3. The molecule has 0 bridgehead atoms. The van der Waals surface area contributed by atoms with Crippen molar-refractivity contribution in [2.75, 3.05) is 19.0 Å². The first kappa shape index (κ1) is 8.75. The minimum absolute atomic E-state index is 0.660. The smallest absolute Gasteiger partial charge is 0.162 e. The van der Waals surface area contributed by atoms with Crippen LogP contribution < -0.4 is 9.47 Å². The van der Waals surface area contributed by atoms with E-state index >= 15 is 0 Å². The predicted octanol–water partition coefficient (Wildman–Crippen LogP) is 2.57. The molecular weight excluding hydrogens is 184 g/mol. The van der Waals surface area contributed by atoms with Crippen molar-refractivity contribution in [1.82, 2.24) is 0 Å². The summed E-state index contributed by atoms with van der Waals surface area (Å²) in [7, 11) is 0. The van der Waals surface area contributed by atoms with Crippen molar-refractivity contribution in [3.05, 3.63) is 18.2 Å². The molecule has 0 N–H and O–H groups in total. The zero-order valence-electron chi connectivity index (χ0n) is 7.58. The Morgan fingerprint density at radius 1 is 1.23 bits per heavy atom. The lowest BCUT2D eigenvalue weighted by Crippen LogP contribution is -2.15. The quantitative estimate of drug-likeness (QED) is 0.677. The van der Waals surface area contributed by atoms with Crippen LogP contribution in [0.3, 0.4) is 0 Å². The Hall–Kier alpha value is -0.830.